The molecule has 62 valence electrons. The molecule has 0 bridgehead atoms. The maximum atomic E-state index is 9.99. The molecule has 0 saturated carbocycles. The molecule has 1 heterocycles. The molecular weight excluding hydrogens is 154 g/mol. The number of aromatic nitrogens is 1. The summed E-state index contributed by atoms with van der Waals surface area (Å²) < 4.78 is 4.90. The fourth-order valence-corrected chi connectivity index (χ4v) is 0.775. The van der Waals surface area contributed by atoms with Crippen LogP contribution < -0.4 is 4.74 Å². The summed E-state index contributed by atoms with van der Waals surface area (Å²) in [7, 11) is 1.55. The lowest BCUT2D eigenvalue weighted by Crippen LogP contribution is -1.88. The maximum absolute atomic E-state index is 9.99. The summed E-state index contributed by atoms with van der Waals surface area (Å²) >= 11 is 0. The minimum Gasteiger partial charge on any atom is -0.481 e. The highest BCUT2D eigenvalue weighted by Gasteiger charge is 1.91. The van der Waals surface area contributed by atoms with Gasteiger partial charge < -0.3 is 4.74 Å². The molecule has 0 atom stereocenters. The minimum atomic E-state index is 0.544. The molecule has 0 N–H and O–H groups in total. The Kier molecular flexibility index (Phi) is 3.02. The monoisotopic (exact) mass is 163 g/mol. The lowest BCUT2D eigenvalue weighted by atomic mass is 10.3. The van der Waals surface area contributed by atoms with Crippen molar-refractivity contribution in [3.05, 3.63) is 30.0 Å². The van der Waals surface area contributed by atoms with E-state index in [1.807, 2.05) is 6.07 Å². The molecule has 1 aromatic rings. The molecule has 0 aliphatic rings. The van der Waals surface area contributed by atoms with Gasteiger partial charge in [0.25, 0.3) is 0 Å². The molecule has 0 unspecified atom stereocenters. The number of hydrogen-bond acceptors (Lipinski definition) is 3. The molecule has 3 heteroatoms. The van der Waals surface area contributed by atoms with Gasteiger partial charge in [-0.2, -0.15) is 0 Å². The Balaban J connectivity index is 2.86. The van der Waals surface area contributed by atoms with Crippen molar-refractivity contribution in [1.29, 1.82) is 0 Å². The quantitative estimate of drug-likeness (QED) is 0.498. The van der Waals surface area contributed by atoms with E-state index in [9.17, 15) is 4.79 Å². The Hall–Kier alpha value is -1.64. The molecule has 0 aromatic carbocycles. The van der Waals surface area contributed by atoms with Gasteiger partial charge in [-0.25, -0.2) is 4.98 Å². The van der Waals surface area contributed by atoms with Crippen LogP contribution in [0, 0.1) is 0 Å². The second-order valence-corrected chi connectivity index (χ2v) is 2.10. The second-order valence-electron chi connectivity index (χ2n) is 2.10. The third-order valence-electron chi connectivity index (χ3n) is 1.30. The first-order chi connectivity index (χ1) is 5.86. The summed E-state index contributed by atoms with van der Waals surface area (Å²) in [6, 6.07) is 5.36. The molecule has 0 saturated heterocycles. The van der Waals surface area contributed by atoms with Crippen molar-refractivity contribution in [2.24, 2.45) is 0 Å². The first-order valence-corrected chi connectivity index (χ1v) is 3.49. The van der Waals surface area contributed by atoms with Crippen LogP contribution >= 0.6 is 0 Å². The number of ether oxygens (including phenoxy) is 1. The van der Waals surface area contributed by atoms with E-state index in [1.54, 1.807) is 25.3 Å². The third kappa shape index (κ3) is 2.20. The van der Waals surface area contributed by atoms with Crippen molar-refractivity contribution in [2.45, 2.75) is 0 Å². The van der Waals surface area contributed by atoms with Gasteiger partial charge >= 0.3 is 0 Å². The van der Waals surface area contributed by atoms with Crippen molar-refractivity contribution in [1.82, 2.24) is 4.98 Å². The van der Waals surface area contributed by atoms with E-state index in [-0.39, 0.29) is 0 Å². The van der Waals surface area contributed by atoms with Gasteiger partial charge in [0.1, 0.15) is 6.29 Å². The summed E-state index contributed by atoms with van der Waals surface area (Å²) in [5.74, 6) is 0.544. The van der Waals surface area contributed by atoms with Crippen molar-refractivity contribution < 1.29 is 9.53 Å². The number of aldehydes is 1. The van der Waals surface area contributed by atoms with Gasteiger partial charge in [-0.1, -0.05) is 6.07 Å². The molecule has 12 heavy (non-hydrogen) atoms. The first kappa shape index (κ1) is 8.46. The number of allylic oxidation sites excluding steroid dienone is 1. The lowest BCUT2D eigenvalue weighted by Gasteiger charge is -1.97. The number of methoxy groups -OCH3 is 1. The van der Waals surface area contributed by atoms with Gasteiger partial charge in [0.05, 0.1) is 12.8 Å². The highest BCUT2D eigenvalue weighted by molar-refractivity contribution is 5.72. The van der Waals surface area contributed by atoms with E-state index in [0.717, 1.165) is 0 Å². The summed E-state index contributed by atoms with van der Waals surface area (Å²) in [6.07, 6.45) is 3.72. The van der Waals surface area contributed by atoms with Gasteiger partial charge in [0.15, 0.2) is 0 Å². The zero-order valence-corrected chi connectivity index (χ0v) is 6.73. The zero-order valence-electron chi connectivity index (χ0n) is 6.73. The molecule has 3 nitrogen and oxygen atoms in total. The Bertz CT molecular complexity index is 294. The third-order valence-corrected chi connectivity index (χ3v) is 1.30. The van der Waals surface area contributed by atoms with Crippen LogP contribution in [-0.4, -0.2) is 18.4 Å². The Morgan fingerprint density at radius 3 is 3.00 bits per heavy atom. The van der Waals surface area contributed by atoms with Gasteiger partial charge in [-0.05, 0) is 18.2 Å². The van der Waals surface area contributed by atoms with E-state index in [4.69, 9.17) is 4.74 Å². The molecule has 0 spiro atoms. The van der Waals surface area contributed by atoms with E-state index >= 15 is 0 Å². The predicted octanol–water partition coefficient (Wildman–Crippen LogP) is 1.30. The number of carbonyl (C=O) groups is 1. The van der Waals surface area contributed by atoms with Crippen LogP contribution in [0.2, 0.25) is 0 Å². The molecular formula is C9H9NO2. The van der Waals surface area contributed by atoms with Crippen molar-refractivity contribution in [2.75, 3.05) is 7.11 Å². The van der Waals surface area contributed by atoms with E-state index in [2.05, 4.69) is 4.98 Å². The fourth-order valence-electron chi connectivity index (χ4n) is 0.775. The summed E-state index contributed by atoms with van der Waals surface area (Å²) in [5, 5.41) is 0. The summed E-state index contributed by atoms with van der Waals surface area (Å²) in [4.78, 5) is 14.0. The average molecular weight is 163 g/mol. The second kappa shape index (κ2) is 4.28. The zero-order chi connectivity index (χ0) is 8.81. The molecule has 1 aromatic heterocycles. The van der Waals surface area contributed by atoms with Gasteiger partial charge in [0.2, 0.25) is 5.88 Å². The van der Waals surface area contributed by atoms with Crippen LogP contribution in [0.15, 0.2) is 24.3 Å². The number of nitrogens with zero attached hydrogens (tertiary/aromatic N) is 1. The Morgan fingerprint density at radius 1 is 1.50 bits per heavy atom. The SMILES string of the molecule is COc1cccc(C=CC=O)n1. The number of pyridine rings is 1. The molecule has 0 aliphatic carbocycles. The van der Waals surface area contributed by atoms with Crippen LogP contribution in [0.3, 0.4) is 0 Å². The van der Waals surface area contributed by atoms with Crippen molar-refractivity contribution in [3.8, 4) is 5.88 Å². The normalized spacial score (nSPS) is 10.1. The van der Waals surface area contributed by atoms with Crippen molar-refractivity contribution in [3.63, 3.8) is 0 Å². The number of hydrogen-bond donors (Lipinski definition) is 0. The van der Waals surface area contributed by atoms with E-state index < -0.39 is 0 Å². The largest absolute Gasteiger partial charge is 0.481 e. The van der Waals surface area contributed by atoms with Crippen LogP contribution in [0.1, 0.15) is 5.69 Å². The predicted molar refractivity (Wildman–Crippen MR) is 45.9 cm³/mol. The summed E-state index contributed by atoms with van der Waals surface area (Å²) in [5.41, 5.74) is 0.710. The van der Waals surface area contributed by atoms with Crippen LogP contribution in [0.4, 0.5) is 0 Å². The number of rotatable bonds is 3. The van der Waals surface area contributed by atoms with Gasteiger partial charge in [-0.15, -0.1) is 0 Å². The van der Waals surface area contributed by atoms with Crippen molar-refractivity contribution >= 4 is 12.4 Å². The van der Waals surface area contributed by atoms with Gasteiger partial charge in [-0.3, -0.25) is 4.79 Å². The Labute approximate surface area is 70.7 Å². The van der Waals surface area contributed by atoms with E-state index in [1.165, 1.54) is 6.08 Å². The van der Waals surface area contributed by atoms with Crippen LogP contribution in [0.25, 0.3) is 6.08 Å². The number of carbonyl (C=O) groups excluding carboxylic acids is 1. The summed E-state index contributed by atoms with van der Waals surface area (Å²) in [6.45, 7) is 0. The fraction of sp³-hybridized carbons (Fsp3) is 0.111. The highest BCUT2D eigenvalue weighted by Crippen LogP contribution is 2.07. The molecule has 0 amide bonds. The minimum absolute atomic E-state index is 0.544. The standard InChI is InChI=1S/C9H9NO2/c1-12-9-6-2-4-8(10-9)5-3-7-11/h2-7H,1H3. The topological polar surface area (TPSA) is 39.2 Å². The van der Waals surface area contributed by atoms with Crippen LogP contribution in [-0.2, 0) is 4.79 Å². The lowest BCUT2D eigenvalue weighted by molar-refractivity contribution is -0.104. The maximum Gasteiger partial charge on any atom is 0.213 e. The molecule has 1 rings (SSSR count). The molecule has 0 aliphatic heterocycles. The van der Waals surface area contributed by atoms with E-state index in [0.29, 0.717) is 17.9 Å². The average Bonchev–Trinajstić information content (AvgIpc) is 2.15. The van der Waals surface area contributed by atoms with Crippen LogP contribution in [0.5, 0.6) is 5.88 Å². The smallest absolute Gasteiger partial charge is 0.213 e. The molecule has 0 radical (unpaired) electrons. The van der Waals surface area contributed by atoms with Gasteiger partial charge in [0, 0.05) is 6.07 Å². The molecule has 0 fully saturated rings. The highest BCUT2D eigenvalue weighted by atomic mass is 16.5. The Morgan fingerprint density at radius 2 is 2.33 bits per heavy atom. The first-order valence-electron chi connectivity index (χ1n) is 3.49.